The first-order valence-electron chi connectivity index (χ1n) is 10.4. The van der Waals surface area contributed by atoms with Gasteiger partial charge in [0.25, 0.3) is 5.91 Å². The lowest BCUT2D eigenvalue weighted by atomic mass is 9.71. The summed E-state index contributed by atoms with van der Waals surface area (Å²) in [6, 6.07) is 8.21. The van der Waals surface area contributed by atoms with Crippen LogP contribution in [0.15, 0.2) is 28.8 Å². The first-order valence-corrected chi connectivity index (χ1v) is 10.4. The quantitative estimate of drug-likeness (QED) is 0.675. The average Bonchev–Trinajstić information content (AvgIpc) is 3.23. The molecular formula is C24H32N2O4. The zero-order valence-corrected chi connectivity index (χ0v) is 18.6. The van der Waals surface area contributed by atoms with Crippen LogP contribution in [0.5, 0.6) is 0 Å². The highest BCUT2D eigenvalue weighted by molar-refractivity contribution is 5.93. The molecule has 1 amide bonds. The Morgan fingerprint density at radius 3 is 2.57 bits per heavy atom. The molecule has 0 bridgehead atoms. The first-order chi connectivity index (χ1) is 14.0. The molecule has 0 saturated heterocycles. The van der Waals surface area contributed by atoms with Gasteiger partial charge in [0.05, 0.1) is 12.7 Å². The van der Waals surface area contributed by atoms with Crippen LogP contribution < -0.4 is 5.32 Å². The van der Waals surface area contributed by atoms with Crippen molar-refractivity contribution in [2.45, 2.75) is 58.5 Å². The number of nitrogens with one attached hydrogen (secondary N) is 1. The van der Waals surface area contributed by atoms with E-state index < -0.39 is 18.6 Å². The number of carbonyl (C=O) groups excluding carboxylic acids is 1. The third-order valence-corrected chi connectivity index (χ3v) is 6.86. The third-order valence-electron chi connectivity index (χ3n) is 6.86. The summed E-state index contributed by atoms with van der Waals surface area (Å²) in [5.41, 5.74) is 5.26. The van der Waals surface area contributed by atoms with Crippen molar-refractivity contribution in [1.29, 1.82) is 0 Å². The zero-order chi connectivity index (χ0) is 22.3. The molecule has 1 aromatic heterocycles. The van der Waals surface area contributed by atoms with Gasteiger partial charge in [-0.25, -0.2) is 0 Å². The molecule has 3 rings (SSSR count). The minimum atomic E-state index is -1.00. The Balaban J connectivity index is 1.82. The summed E-state index contributed by atoms with van der Waals surface area (Å²) in [5.74, 6) is 0.548. The fourth-order valence-corrected chi connectivity index (χ4v) is 4.38. The van der Waals surface area contributed by atoms with Gasteiger partial charge in [0.1, 0.15) is 0 Å². The summed E-state index contributed by atoms with van der Waals surface area (Å²) in [4.78, 5) is 12.1. The second-order valence-electron chi connectivity index (χ2n) is 9.41. The molecule has 1 aromatic carbocycles. The number of aliphatic hydroxyl groups is 2. The molecule has 1 heterocycles. The molecule has 2 unspecified atom stereocenters. The Morgan fingerprint density at radius 1 is 1.23 bits per heavy atom. The van der Waals surface area contributed by atoms with E-state index in [1.807, 2.05) is 13.0 Å². The molecule has 0 fully saturated rings. The van der Waals surface area contributed by atoms with Crippen molar-refractivity contribution in [3.05, 3.63) is 52.4 Å². The monoisotopic (exact) mass is 412 g/mol. The summed E-state index contributed by atoms with van der Waals surface area (Å²) < 4.78 is 5.30. The van der Waals surface area contributed by atoms with Gasteiger partial charge in [-0.1, -0.05) is 58.0 Å². The maximum atomic E-state index is 12.1. The molecule has 0 spiro atoms. The van der Waals surface area contributed by atoms with Crippen LogP contribution in [0.2, 0.25) is 0 Å². The SMILES string of the molecule is C/C(=C\c1cc(C(=O)NCC(O)CO)no1)c1ccc2c(c1)C(C)(C)C(C)C2(C)C. The Hall–Kier alpha value is -2.44. The van der Waals surface area contributed by atoms with Gasteiger partial charge in [-0.15, -0.1) is 0 Å². The summed E-state index contributed by atoms with van der Waals surface area (Å²) in [7, 11) is 0. The molecule has 1 aliphatic carbocycles. The number of rotatable bonds is 6. The lowest BCUT2D eigenvalue weighted by Gasteiger charge is -2.32. The summed E-state index contributed by atoms with van der Waals surface area (Å²) in [6.45, 7) is 13.1. The van der Waals surface area contributed by atoms with E-state index in [-0.39, 0.29) is 23.1 Å². The average molecular weight is 413 g/mol. The van der Waals surface area contributed by atoms with E-state index in [2.05, 4.69) is 63.3 Å². The molecule has 162 valence electrons. The van der Waals surface area contributed by atoms with E-state index in [4.69, 9.17) is 9.63 Å². The van der Waals surface area contributed by atoms with Crippen molar-refractivity contribution in [3.63, 3.8) is 0 Å². The van der Waals surface area contributed by atoms with Gasteiger partial charge in [0.2, 0.25) is 0 Å². The molecule has 0 aliphatic heterocycles. The van der Waals surface area contributed by atoms with Crippen LogP contribution >= 0.6 is 0 Å². The van der Waals surface area contributed by atoms with E-state index in [0.717, 1.165) is 11.1 Å². The topological polar surface area (TPSA) is 95.6 Å². The molecule has 0 saturated carbocycles. The molecule has 30 heavy (non-hydrogen) atoms. The van der Waals surface area contributed by atoms with E-state index in [1.165, 1.54) is 11.1 Å². The van der Waals surface area contributed by atoms with Gasteiger partial charge in [-0.2, -0.15) is 0 Å². The fraction of sp³-hybridized carbons (Fsp3) is 0.500. The highest BCUT2D eigenvalue weighted by atomic mass is 16.5. The Bertz CT molecular complexity index is 971. The van der Waals surface area contributed by atoms with Crippen molar-refractivity contribution in [2.24, 2.45) is 5.92 Å². The molecule has 2 aromatic rings. The molecule has 1 aliphatic rings. The number of hydrogen-bond donors (Lipinski definition) is 3. The molecule has 2 atom stereocenters. The van der Waals surface area contributed by atoms with Crippen molar-refractivity contribution in [3.8, 4) is 0 Å². The van der Waals surface area contributed by atoms with Crippen molar-refractivity contribution < 1.29 is 19.5 Å². The Labute approximate surface area is 178 Å². The van der Waals surface area contributed by atoms with Gasteiger partial charge >= 0.3 is 0 Å². The van der Waals surface area contributed by atoms with Crippen LogP contribution in [-0.4, -0.2) is 40.5 Å². The minimum absolute atomic E-state index is 0.0495. The number of nitrogens with zero attached hydrogens (tertiary/aromatic N) is 1. The molecule has 6 heteroatoms. The van der Waals surface area contributed by atoms with Crippen LogP contribution in [0.25, 0.3) is 11.6 Å². The lowest BCUT2D eigenvalue weighted by molar-refractivity contribution is 0.0796. The molecule has 3 N–H and O–H groups in total. The second-order valence-corrected chi connectivity index (χ2v) is 9.41. The van der Waals surface area contributed by atoms with Crippen molar-refractivity contribution in [2.75, 3.05) is 13.2 Å². The number of carbonyl (C=O) groups is 1. The summed E-state index contributed by atoms with van der Waals surface area (Å²) in [5, 5.41) is 24.5. The lowest BCUT2D eigenvalue weighted by Crippen LogP contribution is -2.34. The molecule has 0 radical (unpaired) electrons. The highest BCUT2D eigenvalue weighted by Crippen LogP contribution is 2.53. The van der Waals surface area contributed by atoms with E-state index in [9.17, 15) is 9.90 Å². The normalized spacial score (nSPS) is 20.7. The Kier molecular flexibility index (Phi) is 5.94. The molecular weight excluding hydrogens is 380 g/mol. The van der Waals surface area contributed by atoms with Crippen molar-refractivity contribution in [1.82, 2.24) is 10.5 Å². The predicted octanol–water partition coefficient (Wildman–Crippen LogP) is 3.52. The van der Waals surface area contributed by atoms with Crippen LogP contribution in [0.1, 0.15) is 74.5 Å². The minimum Gasteiger partial charge on any atom is -0.394 e. The highest BCUT2D eigenvalue weighted by Gasteiger charge is 2.48. The molecule has 6 nitrogen and oxygen atoms in total. The number of aromatic nitrogens is 1. The van der Waals surface area contributed by atoms with Crippen LogP contribution in [0, 0.1) is 5.92 Å². The standard InChI is InChI=1S/C24H32N2O4/c1-14(9-18-11-21(26-30-18)22(29)25-12-17(28)13-27)16-7-8-19-20(10-16)24(5,6)15(2)23(19,3)4/h7-11,15,17,27-28H,12-13H2,1-6H3,(H,25,29)/b14-9+. The summed E-state index contributed by atoms with van der Waals surface area (Å²) >= 11 is 0. The second kappa shape index (κ2) is 8.00. The largest absolute Gasteiger partial charge is 0.394 e. The fourth-order valence-electron chi connectivity index (χ4n) is 4.38. The van der Waals surface area contributed by atoms with E-state index >= 15 is 0 Å². The maximum absolute atomic E-state index is 12.1. The van der Waals surface area contributed by atoms with Gasteiger partial charge in [0.15, 0.2) is 11.5 Å². The van der Waals surface area contributed by atoms with E-state index in [1.54, 1.807) is 6.07 Å². The first kappa shape index (κ1) is 22.2. The smallest absolute Gasteiger partial charge is 0.273 e. The van der Waals surface area contributed by atoms with Crippen LogP contribution in [0.3, 0.4) is 0 Å². The predicted molar refractivity (Wildman–Crippen MR) is 117 cm³/mol. The number of hydrogen-bond acceptors (Lipinski definition) is 5. The number of amides is 1. The number of benzene rings is 1. The van der Waals surface area contributed by atoms with Gasteiger partial charge in [-0.3, -0.25) is 4.79 Å². The van der Waals surface area contributed by atoms with Crippen LogP contribution in [0.4, 0.5) is 0 Å². The third kappa shape index (κ3) is 3.94. The maximum Gasteiger partial charge on any atom is 0.273 e. The number of aliphatic hydroxyl groups excluding tert-OH is 2. The van der Waals surface area contributed by atoms with Gasteiger partial charge in [0, 0.05) is 12.6 Å². The number of fused-ring (bicyclic) bond motifs is 1. The van der Waals surface area contributed by atoms with Gasteiger partial charge < -0.3 is 20.1 Å². The summed E-state index contributed by atoms with van der Waals surface area (Å²) in [6.07, 6.45) is 0.865. The number of allylic oxidation sites excluding steroid dienone is 1. The van der Waals surface area contributed by atoms with E-state index in [0.29, 0.717) is 11.7 Å². The van der Waals surface area contributed by atoms with Crippen molar-refractivity contribution >= 4 is 17.6 Å². The van der Waals surface area contributed by atoms with Crippen LogP contribution in [-0.2, 0) is 10.8 Å². The Morgan fingerprint density at radius 2 is 1.90 bits per heavy atom. The van der Waals surface area contributed by atoms with Gasteiger partial charge in [-0.05, 0) is 52.0 Å². The zero-order valence-electron chi connectivity index (χ0n) is 18.6.